The molecule has 0 aliphatic rings. The largest absolute Gasteiger partial charge is 0.372 e. The van der Waals surface area contributed by atoms with Gasteiger partial charge in [-0.25, -0.2) is 0 Å². The minimum Gasteiger partial charge on any atom is -0.372 e. The van der Waals surface area contributed by atoms with Crippen molar-refractivity contribution in [3.8, 4) is 0 Å². The van der Waals surface area contributed by atoms with Crippen molar-refractivity contribution >= 4 is 15.9 Å². The number of allylic oxidation sites excluding steroid dienone is 1. The summed E-state index contributed by atoms with van der Waals surface area (Å²) in [7, 11) is 0. The summed E-state index contributed by atoms with van der Waals surface area (Å²) in [6.45, 7) is 6.74. The normalized spacial score (nSPS) is 11.6. The van der Waals surface area contributed by atoms with Gasteiger partial charge in [0, 0.05) is 4.48 Å². The summed E-state index contributed by atoms with van der Waals surface area (Å²) < 4.78 is 6.18. The summed E-state index contributed by atoms with van der Waals surface area (Å²) in [5.41, 5.74) is 0. The van der Waals surface area contributed by atoms with Crippen LogP contribution in [0.4, 0.5) is 0 Å². The van der Waals surface area contributed by atoms with E-state index in [9.17, 15) is 0 Å². The Bertz CT molecular complexity index is 107. The molecule has 0 saturated heterocycles. The molecule has 0 rings (SSSR count). The van der Waals surface area contributed by atoms with Crippen molar-refractivity contribution < 1.29 is 4.74 Å². The molecule has 0 unspecified atom stereocenters. The van der Waals surface area contributed by atoms with Gasteiger partial charge >= 0.3 is 0 Å². The fourth-order valence-corrected chi connectivity index (χ4v) is 0.485. The molecule has 52 valence electrons. The minimum atomic E-state index is 0.614. The highest BCUT2D eigenvalue weighted by Gasteiger charge is 1.86. The number of rotatable bonds is 4. The van der Waals surface area contributed by atoms with Crippen LogP contribution in [-0.2, 0) is 4.74 Å². The Morgan fingerprint density at radius 3 is 2.89 bits per heavy atom. The van der Waals surface area contributed by atoms with Crippen molar-refractivity contribution in [2.75, 3.05) is 13.2 Å². The van der Waals surface area contributed by atoms with Gasteiger partial charge in [0.15, 0.2) is 0 Å². The van der Waals surface area contributed by atoms with Crippen molar-refractivity contribution in [1.29, 1.82) is 0 Å². The molecular formula is C7H11BrO. The third kappa shape index (κ3) is 5.80. The third-order valence-corrected chi connectivity index (χ3v) is 1.48. The Hall–Kier alpha value is -0.0800. The highest BCUT2D eigenvalue weighted by molar-refractivity contribution is 9.11. The molecule has 0 aromatic carbocycles. The fraction of sp³-hybridized carbons (Fsp3) is 0.429. The zero-order valence-corrected chi connectivity index (χ0v) is 7.15. The van der Waals surface area contributed by atoms with Gasteiger partial charge in [0.05, 0.1) is 13.2 Å². The highest BCUT2D eigenvalue weighted by atomic mass is 79.9. The summed E-state index contributed by atoms with van der Waals surface area (Å²) in [4.78, 5) is 0. The molecule has 1 nitrogen and oxygen atoms in total. The number of hydrogen-bond donors (Lipinski definition) is 0. The molecule has 0 spiro atoms. The van der Waals surface area contributed by atoms with Crippen LogP contribution in [0.2, 0.25) is 0 Å². The van der Waals surface area contributed by atoms with E-state index in [1.165, 1.54) is 0 Å². The van der Waals surface area contributed by atoms with Gasteiger partial charge in [0.25, 0.3) is 0 Å². The molecule has 0 aromatic heterocycles. The van der Waals surface area contributed by atoms with Gasteiger partial charge < -0.3 is 4.74 Å². The SMILES string of the molecule is C=CCOC/C(Br)=C/C. The molecule has 0 bridgehead atoms. The fourth-order valence-electron chi connectivity index (χ4n) is 0.323. The van der Waals surface area contributed by atoms with E-state index in [-0.39, 0.29) is 0 Å². The Kier molecular flexibility index (Phi) is 5.99. The first-order chi connectivity index (χ1) is 4.31. The maximum Gasteiger partial charge on any atom is 0.0782 e. The van der Waals surface area contributed by atoms with Crippen molar-refractivity contribution in [1.82, 2.24) is 0 Å². The van der Waals surface area contributed by atoms with Crippen LogP contribution in [0.15, 0.2) is 23.2 Å². The lowest BCUT2D eigenvalue weighted by molar-refractivity contribution is 0.192. The standard InChI is InChI=1S/C7H11BrO/c1-3-5-9-6-7(8)4-2/h3-4H,1,5-6H2,2H3/b7-4-. The van der Waals surface area contributed by atoms with Crippen molar-refractivity contribution in [2.24, 2.45) is 0 Å². The Balaban J connectivity index is 3.17. The molecule has 0 heterocycles. The first-order valence-corrected chi connectivity index (χ1v) is 3.60. The number of hydrogen-bond acceptors (Lipinski definition) is 1. The molecule has 0 saturated carbocycles. The van der Waals surface area contributed by atoms with E-state index in [1.807, 2.05) is 13.0 Å². The van der Waals surface area contributed by atoms with E-state index < -0.39 is 0 Å². The van der Waals surface area contributed by atoms with E-state index in [0.717, 1.165) is 4.48 Å². The van der Waals surface area contributed by atoms with Crippen LogP contribution >= 0.6 is 15.9 Å². The third-order valence-electron chi connectivity index (χ3n) is 0.789. The van der Waals surface area contributed by atoms with Crippen LogP contribution in [0.25, 0.3) is 0 Å². The van der Waals surface area contributed by atoms with Gasteiger partial charge in [-0.15, -0.1) is 6.58 Å². The predicted molar refractivity (Wildman–Crippen MR) is 43.7 cm³/mol. The predicted octanol–water partition coefficient (Wildman–Crippen LogP) is 2.49. The lowest BCUT2D eigenvalue weighted by Gasteiger charge is -1.96. The van der Waals surface area contributed by atoms with Crippen LogP contribution in [0.3, 0.4) is 0 Å². The second-order valence-corrected chi connectivity index (χ2v) is 2.56. The quantitative estimate of drug-likeness (QED) is 0.490. The Morgan fingerprint density at radius 1 is 1.78 bits per heavy atom. The number of halogens is 1. The van der Waals surface area contributed by atoms with E-state index in [2.05, 4.69) is 22.5 Å². The molecule has 0 aliphatic heterocycles. The van der Waals surface area contributed by atoms with Crippen LogP contribution in [0.1, 0.15) is 6.92 Å². The van der Waals surface area contributed by atoms with E-state index in [4.69, 9.17) is 4.74 Å². The lowest BCUT2D eigenvalue weighted by Crippen LogP contribution is -1.92. The van der Waals surface area contributed by atoms with Crippen LogP contribution in [0, 0.1) is 0 Å². The molecule has 0 aliphatic carbocycles. The molecule has 0 amide bonds. The Morgan fingerprint density at radius 2 is 2.44 bits per heavy atom. The molecular weight excluding hydrogens is 180 g/mol. The minimum absolute atomic E-state index is 0.614. The van der Waals surface area contributed by atoms with Crippen LogP contribution < -0.4 is 0 Å². The maximum absolute atomic E-state index is 5.10. The Labute approximate surface area is 64.5 Å². The van der Waals surface area contributed by atoms with Gasteiger partial charge in [-0.3, -0.25) is 0 Å². The molecule has 0 radical (unpaired) electrons. The van der Waals surface area contributed by atoms with Gasteiger partial charge in [0.2, 0.25) is 0 Å². The summed E-state index contributed by atoms with van der Waals surface area (Å²) in [5.74, 6) is 0. The summed E-state index contributed by atoms with van der Waals surface area (Å²) in [5, 5.41) is 0. The first-order valence-electron chi connectivity index (χ1n) is 2.80. The molecule has 0 fully saturated rings. The van der Waals surface area contributed by atoms with Crippen molar-refractivity contribution in [2.45, 2.75) is 6.92 Å². The van der Waals surface area contributed by atoms with Crippen molar-refractivity contribution in [3.05, 3.63) is 23.2 Å². The number of ether oxygens (including phenoxy) is 1. The highest BCUT2D eigenvalue weighted by Crippen LogP contribution is 2.03. The molecule has 9 heavy (non-hydrogen) atoms. The summed E-state index contributed by atoms with van der Waals surface area (Å²) in [6.07, 6.45) is 3.69. The average Bonchev–Trinajstić information content (AvgIpc) is 1.89. The molecule has 2 heteroatoms. The van der Waals surface area contributed by atoms with E-state index in [0.29, 0.717) is 13.2 Å². The van der Waals surface area contributed by atoms with Gasteiger partial charge in [-0.05, 0) is 6.92 Å². The van der Waals surface area contributed by atoms with E-state index >= 15 is 0 Å². The van der Waals surface area contributed by atoms with Crippen LogP contribution in [0.5, 0.6) is 0 Å². The van der Waals surface area contributed by atoms with Gasteiger partial charge in [-0.1, -0.05) is 28.1 Å². The smallest absolute Gasteiger partial charge is 0.0782 e. The molecule has 0 atom stereocenters. The zero-order valence-electron chi connectivity index (χ0n) is 5.56. The van der Waals surface area contributed by atoms with Gasteiger partial charge in [0.1, 0.15) is 0 Å². The monoisotopic (exact) mass is 190 g/mol. The molecule has 0 N–H and O–H groups in total. The maximum atomic E-state index is 5.10. The van der Waals surface area contributed by atoms with Gasteiger partial charge in [-0.2, -0.15) is 0 Å². The van der Waals surface area contributed by atoms with Crippen molar-refractivity contribution in [3.63, 3.8) is 0 Å². The lowest BCUT2D eigenvalue weighted by atomic mass is 10.5. The zero-order chi connectivity index (χ0) is 7.11. The first kappa shape index (κ1) is 8.92. The second kappa shape index (κ2) is 6.05. The second-order valence-electron chi connectivity index (χ2n) is 1.54. The topological polar surface area (TPSA) is 9.23 Å². The summed E-state index contributed by atoms with van der Waals surface area (Å²) in [6, 6.07) is 0. The van der Waals surface area contributed by atoms with Crippen LogP contribution in [-0.4, -0.2) is 13.2 Å². The average molecular weight is 191 g/mol. The van der Waals surface area contributed by atoms with E-state index in [1.54, 1.807) is 6.08 Å². The molecule has 0 aromatic rings. The summed E-state index contributed by atoms with van der Waals surface area (Å²) >= 11 is 3.31.